The Morgan fingerprint density at radius 2 is 1.67 bits per heavy atom. The van der Waals surface area contributed by atoms with Gasteiger partial charge < -0.3 is 24.8 Å². The van der Waals surface area contributed by atoms with Crippen LogP contribution in [0.4, 0.5) is 20.3 Å². The molecule has 1 aliphatic heterocycles. The number of halogens is 2. The van der Waals surface area contributed by atoms with Crippen LogP contribution in [0.15, 0.2) is 42.7 Å². The number of aromatic amines is 1. The number of benzene rings is 2. The van der Waals surface area contributed by atoms with E-state index in [1.54, 1.807) is 21.0 Å². The average molecular weight is 596 g/mol. The summed E-state index contributed by atoms with van der Waals surface area (Å²) >= 11 is 0. The number of rotatable bonds is 7. The zero-order valence-electron chi connectivity index (χ0n) is 26.4. The molecule has 0 radical (unpaired) electrons. The lowest BCUT2D eigenvalue weighted by molar-refractivity contribution is 0.0825. The third-order valence-corrected chi connectivity index (χ3v) is 6.76. The molecule has 2 aromatic carbocycles. The van der Waals surface area contributed by atoms with Crippen LogP contribution in [-0.4, -0.2) is 82.9 Å². The summed E-state index contributed by atoms with van der Waals surface area (Å²) in [5.74, 6) is -2.29. The zero-order chi connectivity index (χ0) is 31.7. The number of aromatic nitrogens is 3. The lowest BCUT2D eigenvalue weighted by Gasteiger charge is -2.32. The van der Waals surface area contributed by atoms with Gasteiger partial charge in [-0.25, -0.2) is 18.7 Å². The first-order valence-corrected chi connectivity index (χ1v) is 14.7. The van der Waals surface area contributed by atoms with Gasteiger partial charge in [-0.3, -0.25) is 9.69 Å². The fourth-order valence-electron chi connectivity index (χ4n) is 4.56. The number of H-pyrrole nitrogens is 1. The van der Waals surface area contributed by atoms with Crippen molar-refractivity contribution in [3.63, 3.8) is 0 Å². The minimum absolute atomic E-state index is 0.00540. The number of fused-ring (bicyclic) bond motifs is 1. The molecule has 232 valence electrons. The Labute approximate surface area is 252 Å². The molecular formula is C32H43F2N7O2. The second-order valence-corrected chi connectivity index (χ2v) is 10.0. The van der Waals surface area contributed by atoms with E-state index in [2.05, 4.69) is 37.1 Å². The summed E-state index contributed by atoms with van der Waals surface area (Å²) in [4.78, 5) is 30.4. The summed E-state index contributed by atoms with van der Waals surface area (Å²) in [5.41, 5.74) is 2.52. The van der Waals surface area contributed by atoms with Gasteiger partial charge in [0, 0.05) is 69.7 Å². The van der Waals surface area contributed by atoms with Gasteiger partial charge in [0.05, 0.1) is 5.52 Å². The molecule has 9 nitrogen and oxygen atoms in total. The molecule has 0 unspecified atom stereocenters. The van der Waals surface area contributed by atoms with Crippen LogP contribution in [0.2, 0.25) is 0 Å². The topological polar surface area (TPSA) is 89.6 Å². The quantitative estimate of drug-likeness (QED) is 0.249. The Morgan fingerprint density at radius 3 is 2.30 bits per heavy atom. The molecule has 2 N–H and O–H groups in total. The van der Waals surface area contributed by atoms with Crippen LogP contribution in [0.1, 0.15) is 49.3 Å². The van der Waals surface area contributed by atoms with Crippen molar-refractivity contribution in [1.82, 2.24) is 29.7 Å². The van der Waals surface area contributed by atoms with E-state index >= 15 is 4.39 Å². The number of anilines is 2. The largest absolute Gasteiger partial charge is 0.435 e. The summed E-state index contributed by atoms with van der Waals surface area (Å²) in [5, 5.41) is 3.21. The number of nitrogens with one attached hydrogen (secondary N) is 2. The molecule has 1 amide bonds. The van der Waals surface area contributed by atoms with E-state index in [0.717, 1.165) is 38.8 Å². The summed E-state index contributed by atoms with van der Waals surface area (Å²) in [7, 11) is 5.28. The van der Waals surface area contributed by atoms with Gasteiger partial charge in [0.15, 0.2) is 23.2 Å². The van der Waals surface area contributed by atoms with E-state index < -0.39 is 17.5 Å². The highest BCUT2D eigenvalue weighted by molar-refractivity contribution is 6.01. The molecule has 4 aromatic rings. The Morgan fingerprint density at radius 1 is 1.02 bits per heavy atom. The predicted molar refractivity (Wildman–Crippen MR) is 168 cm³/mol. The van der Waals surface area contributed by atoms with Gasteiger partial charge in [-0.05, 0) is 37.7 Å². The monoisotopic (exact) mass is 595 g/mol. The molecule has 0 atom stereocenters. The lowest BCUT2D eigenvalue weighted by Crippen LogP contribution is -2.43. The van der Waals surface area contributed by atoms with Crippen LogP contribution < -0.4 is 10.1 Å². The van der Waals surface area contributed by atoms with Crippen LogP contribution in [-0.2, 0) is 6.54 Å². The third-order valence-electron chi connectivity index (χ3n) is 6.76. The molecule has 0 spiro atoms. The van der Waals surface area contributed by atoms with Gasteiger partial charge in [0.2, 0.25) is 5.88 Å². The number of carbonyl (C=O) groups excluding carboxylic acids is 1. The maximum absolute atomic E-state index is 15.2. The standard InChI is InChI=1S/C28H31F2N7O2.2C2H6/c1-17-13-20-24(30)22(14-21(29)25(20)33-17)39-27-23(28(38)35(2)3)26(31-16-32-27)34-19-7-5-18(6-8-19)15-37-11-9-36(4)10-12-37;2*1-2/h5-8,13-14,16,33H,9-12,15H2,1-4H3,(H,31,32,34);2*1-2H3. The summed E-state index contributed by atoms with van der Waals surface area (Å²) in [6.45, 7) is 14.7. The number of piperazine rings is 1. The molecule has 43 heavy (non-hydrogen) atoms. The highest BCUT2D eigenvalue weighted by atomic mass is 19.1. The van der Waals surface area contributed by atoms with Crippen LogP contribution in [0, 0.1) is 18.6 Å². The van der Waals surface area contributed by atoms with Crippen molar-refractivity contribution in [3.05, 3.63) is 71.2 Å². The first-order valence-electron chi connectivity index (χ1n) is 14.7. The van der Waals surface area contributed by atoms with Gasteiger partial charge in [-0.2, -0.15) is 0 Å². The number of nitrogens with zero attached hydrogens (tertiary/aromatic N) is 5. The first kappa shape index (κ1) is 33.4. The van der Waals surface area contributed by atoms with Crippen LogP contribution in [0.25, 0.3) is 10.9 Å². The molecule has 0 saturated carbocycles. The highest BCUT2D eigenvalue weighted by Crippen LogP contribution is 2.35. The summed E-state index contributed by atoms with van der Waals surface area (Å²) in [6, 6.07) is 10.3. The molecule has 2 aromatic heterocycles. The van der Waals surface area contributed by atoms with E-state index in [9.17, 15) is 9.18 Å². The number of hydrogen-bond donors (Lipinski definition) is 2. The second-order valence-electron chi connectivity index (χ2n) is 10.0. The first-order chi connectivity index (χ1) is 20.7. The molecular weight excluding hydrogens is 552 g/mol. The molecule has 1 fully saturated rings. The minimum Gasteiger partial charge on any atom is -0.435 e. The lowest BCUT2D eigenvalue weighted by atomic mass is 10.1. The van der Waals surface area contributed by atoms with E-state index in [1.165, 1.54) is 22.9 Å². The Kier molecular flexibility index (Phi) is 12.0. The van der Waals surface area contributed by atoms with Gasteiger partial charge in [-0.1, -0.05) is 39.8 Å². The number of likely N-dealkylation sites (N-methyl/N-ethyl adjacent to an activating group) is 1. The summed E-state index contributed by atoms with van der Waals surface area (Å²) < 4.78 is 35.7. The number of carbonyl (C=O) groups is 1. The molecule has 3 heterocycles. The molecule has 0 aliphatic carbocycles. The van der Waals surface area contributed by atoms with Crippen LogP contribution >= 0.6 is 0 Å². The molecule has 1 saturated heterocycles. The molecule has 1 aliphatic rings. The van der Waals surface area contributed by atoms with Crippen molar-refractivity contribution in [2.24, 2.45) is 0 Å². The van der Waals surface area contributed by atoms with E-state index in [4.69, 9.17) is 4.74 Å². The van der Waals surface area contributed by atoms with E-state index in [1.807, 2.05) is 52.0 Å². The van der Waals surface area contributed by atoms with E-state index in [-0.39, 0.29) is 33.9 Å². The average Bonchev–Trinajstić information content (AvgIpc) is 3.42. The van der Waals surface area contributed by atoms with Gasteiger partial charge in [0.1, 0.15) is 11.9 Å². The molecule has 11 heteroatoms. The van der Waals surface area contributed by atoms with E-state index in [0.29, 0.717) is 11.4 Å². The molecule has 5 rings (SSSR count). The van der Waals surface area contributed by atoms with Gasteiger partial charge in [-0.15, -0.1) is 0 Å². The number of amides is 1. The van der Waals surface area contributed by atoms with Crippen molar-refractivity contribution >= 4 is 28.3 Å². The van der Waals surface area contributed by atoms with Crippen molar-refractivity contribution in [1.29, 1.82) is 0 Å². The normalized spacial score (nSPS) is 13.4. The third kappa shape index (κ3) is 8.05. The van der Waals surface area contributed by atoms with Crippen molar-refractivity contribution in [3.8, 4) is 11.6 Å². The highest BCUT2D eigenvalue weighted by Gasteiger charge is 2.25. The van der Waals surface area contributed by atoms with Gasteiger partial charge in [0.25, 0.3) is 5.91 Å². The fourth-order valence-corrected chi connectivity index (χ4v) is 4.56. The summed E-state index contributed by atoms with van der Waals surface area (Å²) in [6.07, 6.45) is 1.21. The molecule has 0 bridgehead atoms. The number of hydrogen-bond acceptors (Lipinski definition) is 7. The minimum atomic E-state index is -0.761. The smallest absolute Gasteiger partial charge is 0.262 e. The number of aryl methyl sites for hydroxylation is 1. The SMILES string of the molecule is CC.CC.Cc1cc2c(F)c(Oc3ncnc(Nc4ccc(CN5CCN(C)CC5)cc4)c3C(=O)N(C)C)cc(F)c2[nH]1. The zero-order valence-corrected chi connectivity index (χ0v) is 26.4. The Bertz CT molecular complexity index is 1500. The van der Waals surface area contributed by atoms with Crippen LogP contribution in [0.5, 0.6) is 11.6 Å². The second kappa shape index (κ2) is 15.4. The predicted octanol–water partition coefficient (Wildman–Crippen LogP) is 6.58. The van der Waals surface area contributed by atoms with Gasteiger partial charge >= 0.3 is 0 Å². The van der Waals surface area contributed by atoms with Crippen molar-refractivity contribution < 1.29 is 18.3 Å². The maximum Gasteiger partial charge on any atom is 0.262 e. The van der Waals surface area contributed by atoms with Crippen LogP contribution in [0.3, 0.4) is 0 Å². The Hall–Kier alpha value is -4.09. The Balaban J connectivity index is 0.00000121. The fraction of sp³-hybridized carbons (Fsp3) is 0.406. The van der Waals surface area contributed by atoms with Crippen molar-refractivity contribution in [2.75, 3.05) is 52.6 Å². The maximum atomic E-state index is 15.2. The number of ether oxygens (including phenoxy) is 1. The van der Waals surface area contributed by atoms with Crippen molar-refractivity contribution in [2.45, 2.75) is 41.2 Å².